The van der Waals surface area contributed by atoms with E-state index in [0.717, 1.165) is 27.4 Å². The van der Waals surface area contributed by atoms with Crippen LogP contribution in [0, 0.1) is 0 Å². The monoisotopic (exact) mass is 440 g/mol. The minimum atomic E-state index is -0.552. The third-order valence-electron chi connectivity index (χ3n) is 6.11. The van der Waals surface area contributed by atoms with Gasteiger partial charge in [0.25, 0.3) is 11.8 Å². The molecule has 4 heterocycles. The largest absolute Gasteiger partial charge is 0.464 e. The average molecular weight is 440 g/mol. The number of nitrogens with zero attached hydrogens (tertiary/aromatic N) is 2. The number of furan rings is 1. The number of nitrogens with two attached hydrogens (primary N) is 1. The summed E-state index contributed by atoms with van der Waals surface area (Å²) < 4.78 is 10.8. The van der Waals surface area contributed by atoms with E-state index in [2.05, 4.69) is 4.98 Å². The lowest BCUT2D eigenvalue weighted by Gasteiger charge is -2.26. The minimum absolute atomic E-state index is 0.0453. The van der Waals surface area contributed by atoms with Gasteiger partial charge in [-0.1, -0.05) is 0 Å². The molecule has 0 bridgehead atoms. The molecule has 2 aromatic carbocycles. The quantitative estimate of drug-likeness (QED) is 0.444. The maximum Gasteiger partial charge on any atom is 0.254 e. The summed E-state index contributed by atoms with van der Waals surface area (Å²) in [6, 6.07) is 14.8. The number of hydrogen-bond acceptors (Lipinski definition) is 5. The van der Waals surface area contributed by atoms with Gasteiger partial charge in [-0.15, -0.1) is 0 Å². The fraction of sp³-hybridized carbons (Fsp3) is 0.160. The molecule has 3 N–H and O–H groups in total. The maximum atomic E-state index is 12.9. The number of amides is 2. The molecule has 5 aromatic rings. The number of pyridine rings is 1. The van der Waals surface area contributed by atoms with Crippen LogP contribution in [0.4, 0.5) is 0 Å². The van der Waals surface area contributed by atoms with Crippen LogP contribution in [0.3, 0.4) is 0 Å². The number of nitrogens with one attached hydrogen (secondary N) is 1. The summed E-state index contributed by atoms with van der Waals surface area (Å²) in [7, 11) is 0. The van der Waals surface area contributed by atoms with E-state index in [1.54, 1.807) is 29.4 Å². The van der Waals surface area contributed by atoms with E-state index in [1.807, 2.05) is 30.3 Å². The maximum absolute atomic E-state index is 12.9. The molecule has 0 spiro atoms. The highest BCUT2D eigenvalue weighted by molar-refractivity contribution is 6.14. The van der Waals surface area contributed by atoms with Crippen molar-refractivity contribution in [3.63, 3.8) is 0 Å². The zero-order valence-electron chi connectivity index (χ0n) is 17.6. The van der Waals surface area contributed by atoms with E-state index in [-0.39, 0.29) is 5.91 Å². The number of rotatable bonds is 3. The van der Waals surface area contributed by atoms with Gasteiger partial charge in [0.15, 0.2) is 0 Å². The van der Waals surface area contributed by atoms with E-state index in [4.69, 9.17) is 19.9 Å². The van der Waals surface area contributed by atoms with Crippen LogP contribution in [0.5, 0.6) is 0 Å². The standard InChI is InChI=1S/C25H20N4O4/c26-24(30)18-13-19(14-2-4-21-15(11-14)5-8-33-21)27-22-17-3-1-16(12-20(17)28-23(18)22)25(31)29-6-9-32-10-7-29/h1-5,8,11-13,28H,6-7,9-10H2,(H2,26,30). The molecule has 33 heavy (non-hydrogen) atoms. The molecule has 1 aliphatic rings. The van der Waals surface area contributed by atoms with E-state index in [1.165, 1.54) is 0 Å². The number of aromatic nitrogens is 2. The lowest BCUT2D eigenvalue weighted by molar-refractivity contribution is 0.0303. The van der Waals surface area contributed by atoms with Crippen LogP contribution in [-0.4, -0.2) is 53.0 Å². The van der Waals surface area contributed by atoms with Crippen LogP contribution in [0.1, 0.15) is 20.7 Å². The Morgan fingerprint density at radius 3 is 2.70 bits per heavy atom. The number of benzene rings is 2. The Bertz CT molecular complexity index is 1560. The van der Waals surface area contributed by atoms with Gasteiger partial charge in [0.2, 0.25) is 0 Å². The Labute approximate surface area is 187 Å². The van der Waals surface area contributed by atoms with Crippen molar-refractivity contribution in [1.82, 2.24) is 14.9 Å². The predicted molar refractivity (Wildman–Crippen MR) is 124 cm³/mol. The molecule has 3 aromatic heterocycles. The van der Waals surface area contributed by atoms with Crippen molar-refractivity contribution in [2.24, 2.45) is 5.73 Å². The highest BCUT2D eigenvalue weighted by atomic mass is 16.5. The Kier molecular flexibility index (Phi) is 4.41. The summed E-state index contributed by atoms with van der Waals surface area (Å²) in [5.74, 6) is -0.597. The zero-order valence-corrected chi connectivity index (χ0v) is 17.6. The summed E-state index contributed by atoms with van der Waals surface area (Å²) in [6.07, 6.45) is 1.63. The summed E-state index contributed by atoms with van der Waals surface area (Å²) in [6.45, 7) is 2.22. The Morgan fingerprint density at radius 1 is 1.03 bits per heavy atom. The zero-order chi connectivity index (χ0) is 22.5. The molecule has 0 saturated carbocycles. The van der Waals surface area contributed by atoms with Gasteiger partial charge in [0.1, 0.15) is 5.58 Å². The molecule has 8 heteroatoms. The lowest BCUT2D eigenvalue weighted by Crippen LogP contribution is -2.40. The number of hydrogen-bond donors (Lipinski definition) is 2. The molecule has 0 aliphatic carbocycles. The molecular weight excluding hydrogens is 420 g/mol. The van der Waals surface area contributed by atoms with Gasteiger partial charge in [0.05, 0.1) is 41.8 Å². The number of primary amides is 1. The molecule has 164 valence electrons. The smallest absolute Gasteiger partial charge is 0.254 e. The number of aromatic amines is 1. The number of carbonyl (C=O) groups excluding carboxylic acids is 2. The summed E-state index contributed by atoms with van der Waals surface area (Å²) in [4.78, 5) is 35.1. The van der Waals surface area contributed by atoms with Gasteiger partial charge in [-0.05, 0) is 48.5 Å². The second-order valence-electron chi connectivity index (χ2n) is 8.11. The normalized spacial score (nSPS) is 14.4. The third-order valence-corrected chi connectivity index (χ3v) is 6.11. The van der Waals surface area contributed by atoms with Gasteiger partial charge in [-0.3, -0.25) is 9.59 Å². The van der Waals surface area contributed by atoms with Crippen LogP contribution in [0.25, 0.3) is 44.2 Å². The fourth-order valence-electron chi connectivity index (χ4n) is 4.41. The molecule has 1 saturated heterocycles. The summed E-state index contributed by atoms with van der Waals surface area (Å²) >= 11 is 0. The number of ether oxygens (including phenoxy) is 1. The van der Waals surface area contributed by atoms with Crippen LogP contribution in [0.2, 0.25) is 0 Å². The highest BCUT2D eigenvalue weighted by Crippen LogP contribution is 2.32. The van der Waals surface area contributed by atoms with E-state index in [0.29, 0.717) is 54.2 Å². The molecule has 8 nitrogen and oxygen atoms in total. The first kappa shape index (κ1) is 19.5. The Hall–Kier alpha value is -4.17. The first-order valence-electron chi connectivity index (χ1n) is 10.7. The average Bonchev–Trinajstić information content (AvgIpc) is 3.46. The van der Waals surface area contributed by atoms with Gasteiger partial charge < -0.3 is 24.8 Å². The van der Waals surface area contributed by atoms with E-state index < -0.39 is 5.91 Å². The molecule has 1 fully saturated rings. The topological polar surface area (TPSA) is 114 Å². The number of carbonyl (C=O) groups is 2. The van der Waals surface area contributed by atoms with Crippen LogP contribution in [0.15, 0.2) is 59.2 Å². The number of H-pyrrole nitrogens is 1. The van der Waals surface area contributed by atoms with Crippen LogP contribution < -0.4 is 5.73 Å². The van der Waals surface area contributed by atoms with Crippen LogP contribution in [-0.2, 0) is 4.74 Å². The Balaban J connectivity index is 1.50. The molecule has 2 amide bonds. The molecule has 6 rings (SSSR count). The summed E-state index contributed by atoms with van der Waals surface area (Å²) in [5.41, 5.74) is 10.8. The predicted octanol–water partition coefficient (Wildman–Crippen LogP) is 3.70. The van der Waals surface area contributed by atoms with Crippen molar-refractivity contribution in [3.05, 3.63) is 65.9 Å². The lowest BCUT2D eigenvalue weighted by atomic mass is 10.0. The second-order valence-corrected chi connectivity index (χ2v) is 8.11. The van der Waals surface area contributed by atoms with Gasteiger partial charge in [-0.2, -0.15) is 0 Å². The third kappa shape index (κ3) is 3.23. The molecule has 0 radical (unpaired) electrons. The van der Waals surface area contributed by atoms with Crippen molar-refractivity contribution in [2.45, 2.75) is 0 Å². The molecule has 0 unspecified atom stereocenters. The first-order valence-corrected chi connectivity index (χ1v) is 10.7. The number of morpholine rings is 1. The van der Waals surface area contributed by atoms with Crippen molar-refractivity contribution >= 4 is 44.7 Å². The molecule has 0 atom stereocenters. The fourth-order valence-corrected chi connectivity index (χ4v) is 4.41. The van der Waals surface area contributed by atoms with Gasteiger partial charge in [-0.25, -0.2) is 4.98 Å². The van der Waals surface area contributed by atoms with Crippen LogP contribution >= 0.6 is 0 Å². The van der Waals surface area contributed by atoms with Crippen molar-refractivity contribution in [2.75, 3.05) is 26.3 Å². The summed E-state index contributed by atoms with van der Waals surface area (Å²) in [5, 5.41) is 1.76. The molecular formula is C25H20N4O4. The van der Waals surface area contributed by atoms with Gasteiger partial charge >= 0.3 is 0 Å². The van der Waals surface area contributed by atoms with Crippen molar-refractivity contribution < 1.29 is 18.7 Å². The molecule has 1 aliphatic heterocycles. The van der Waals surface area contributed by atoms with Gasteiger partial charge in [0, 0.05) is 40.5 Å². The van der Waals surface area contributed by atoms with Crippen molar-refractivity contribution in [3.8, 4) is 11.3 Å². The number of fused-ring (bicyclic) bond motifs is 4. The minimum Gasteiger partial charge on any atom is -0.464 e. The first-order chi connectivity index (χ1) is 16.1. The SMILES string of the molecule is NC(=O)c1cc(-c2ccc3occc3c2)nc2c1[nH]c1cc(C(=O)N3CCOCC3)ccc12. The second kappa shape index (κ2) is 7.46. The van der Waals surface area contributed by atoms with E-state index in [9.17, 15) is 9.59 Å². The Morgan fingerprint density at radius 2 is 1.88 bits per heavy atom. The van der Waals surface area contributed by atoms with Crippen molar-refractivity contribution in [1.29, 1.82) is 0 Å². The van der Waals surface area contributed by atoms with E-state index >= 15 is 0 Å². The highest BCUT2D eigenvalue weighted by Gasteiger charge is 2.21.